The number of piperidine rings is 1. The van der Waals surface area contributed by atoms with Crippen LogP contribution in [0.15, 0.2) is 18.2 Å². The summed E-state index contributed by atoms with van der Waals surface area (Å²) in [6.07, 6.45) is 0.955. The van der Waals surface area contributed by atoms with Gasteiger partial charge in [0.2, 0.25) is 0 Å². The molecule has 22 heavy (non-hydrogen) atoms. The number of benzene rings is 1. The van der Waals surface area contributed by atoms with Gasteiger partial charge in [0.05, 0.1) is 6.10 Å². The number of nitrogens with zero attached hydrogens (tertiary/aromatic N) is 1. The van der Waals surface area contributed by atoms with Crippen molar-refractivity contribution in [1.82, 2.24) is 4.90 Å². The van der Waals surface area contributed by atoms with Crippen LogP contribution in [0.2, 0.25) is 0 Å². The summed E-state index contributed by atoms with van der Waals surface area (Å²) in [5.41, 5.74) is 0.0151. The van der Waals surface area contributed by atoms with Gasteiger partial charge in [0.25, 0.3) is 0 Å². The summed E-state index contributed by atoms with van der Waals surface area (Å²) >= 11 is 0. The molecule has 7 heteroatoms. The van der Waals surface area contributed by atoms with Gasteiger partial charge < -0.3 is 15.3 Å². The van der Waals surface area contributed by atoms with Gasteiger partial charge in [-0.2, -0.15) is 0 Å². The largest absolute Gasteiger partial charge is 0.393 e. The van der Waals surface area contributed by atoms with E-state index in [1.54, 1.807) is 6.92 Å². The Balaban J connectivity index is 1.99. The molecular formula is C15H18F2N2O3. The molecule has 0 aromatic heterocycles. The van der Waals surface area contributed by atoms with Gasteiger partial charge in [-0.25, -0.2) is 8.78 Å². The zero-order valence-corrected chi connectivity index (χ0v) is 12.2. The number of hydrogen-bond donors (Lipinski definition) is 2. The van der Waals surface area contributed by atoms with Crippen LogP contribution in [-0.4, -0.2) is 41.0 Å². The zero-order chi connectivity index (χ0) is 16.3. The highest BCUT2D eigenvalue weighted by Gasteiger charge is 2.29. The minimum atomic E-state index is -1.10. The van der Waals surface area contributed by atoms with Gasteiger partial charge in [-0.3, -0.25) is 9.59 Å². The van der Waals surface area contributed by atoms with Crippen molar-refractivity contribution in [1.29, 1.82) is 0 Å². The number of rotatable bonds is 2. The SMILES string of the molecule is CC(O)C1CCCN(C(=O)C(=O)Nc2ccc(F)c(F)c2)C1. The van der Waals surface area contributed by atoms with Crippen LogP contribution in [0.1, 0.15) is 19.8 Å². The third-order valence-corrected chi connectivity index (χ3v) is 3.80. The minimum absolute atomic E-state index is 0.0151. The first-order valence-corrected chi connectivity index (χ1v) is 7.12. The maximum Gasteiger partial charge on any atom is 0.313 e. The summed E-state index contributed by atoms with van der Waals surface area (Å²) in [5, 5.41) is 11.8. The molecule has 2 amide bonds. The van der Waals surface area contributed by atoms with Crippen LogP contribution in [0.3, 0.4) is 0 Å². The average Bonchev–Trinajstić information content (AvgIpc) is 2.50. The number of nitrogens with one attached hydrogen (secondary N) is 1. The topological polar surface area (TPSA) is 69.6 Å². The maximum atomic E-state index is 13.1. The fraction of sp³-hybridized carbons (Fsp3) is 0.467. The fourth-order valence-electron chi connectivity index (χ4n) is 2.49. The van der Waals surface area contributed by atoms with E-state index in [0.717, 1.165) is 18.6 Å². The number of likely N-dealkylation sites (tertiary alicyclic amines) is 1. The summed E-state index contributed by atoms with van der Waals surface area (Å²) in [4.78, 5) is 25.4. The van der Waals surface area contributed by atoms with Crippen molar-refractivity contribution < 1.29 is 23.5 Å². The summed E-state index contributed by atoms with van der Waals surface area (Å²) in [5.74, 6) is -3.83. The Hall–Kier alpha value is -2.02. The number of amides is 2. The first-order chi connectivity index (χ1) is 10.4. The zero-order valence-electron chi connectivity index (χ0n) is 12.2. The third kappa shape index (κ3) is 3.79. The number of aliphatic hydroxyl groups is 1. The van der Waals surface area contributed by atoms with Gasteiger partial charge in [0, 0.05) is 30.8 Å². The molecule has 1 saturated heterocycles. The molecule has 1 aromatic carbocycles. The normalized spacial score (nSPS) is 19.6. The summed E-state index contributed by atoms with van der Waals surface area (Å²) in [6.45, 7) is 2.40. The van der Waals surface area contributed by atoms with Crippen molar-refractivity contribution in [3.05, 3.63) is 29.8 Å². The molecule has 0 aliphatic carbocycles. The molecule has 5 nitrogen and oxygen atoms in total. The van der Waals surface area contributed by atoms with E-state index in [2.05, 4.69) is 5.32 Å². The molecule has 2 N–H and O–H groups in total. The predicted molar refractivity (Wildman–Crippen MR) is 76.0 cm³/mol. The van der Waals surface area contributed by atoms with E-state index in [-0.39, 0.29) is 11.6 Å². The van der Waals surface area contributed by atoms with Crippen LogP contribution in [-0.2, 0) is 9.59 Å². The molecule has 0 saturated carbocycles. The smallest absolute Gasteiger partial charge is 0.313 e. The molecular weight excluding hydrogens is 294 g/mol. The maximum absolute atomic E-state index is 13.1. The molecule has 1 aliphatic rings. The van der Waals surface area contributed by atoms with Crippen LogP contribution >= 0.6 is 0 Å². The molecule has 120 valence electrons. The molecule has 1 aliphatic heterocycles. The van der Waals surface area contributed by atoms with E-state index in [9.17, 15) is 23.5 Å². The summed E-state index contributed by atoms with van der Waals surface area (Å²) < 4.78 is 25.9. The number of halogens is 2. The quantitative estimate of drug-likeness (QED) is 0.814. The molecule has 1 heterocycles. The summed E-state index contributed by atoms with van der Waals surface area (Å²) in [7, 11) is 0. The van der Waals surface area contributed by atoms with E-state index < -0.39 is 29.6 Å². The van der Waals surface area contributed by atoms with E-state index in [0.29, 0.717) is 19.5 Å². The monoisotopic (exact) mass is 312 g/mol. The lowest BCUT2D eigenvalue weighted by Crippen LogP contribution is -2.47. The predicted octanol–water partition coefficient (Wildman–Crippen LogP) is 1.52. The number of carbonyl (C=O) groups excluding carboxylic acids is 2. The Labute approximate surface area is 126 Å². The van der Waals surface area contributed by atoms with Crippen LogP contribution in [0.5, 0.6) is 0 Å². The van der Waals surface area contributed by atoms with Crippen molar-refractivity contribution in [3.63, 3.8) is 0 Å². The van der Waals surface area contributed by atoms with E-state index >= 15 is 0 Å². The number of hydrogen-bond acceptors (Lipinski definition) is 3. The molecule has 1 fully saturated rings. The molecule has 2 atom stereocenters. The van der Waals surface area contributed by atoms with Gasteiger partial charge in [-0.1, -0.05) is 0 Å². The van der Waals surface area contributed by atoms with Crippen LogP contribution in [0.25, 0.3) is 0 Å². The minimum Gasteiger partial charge on any atom is -0.393 e. The standard InChI is InChI=1S/C15H18F2N2O3/c1-9(20)10-3-2-6-19(8-10)15(22)14(21)18-11-4-5-12(16)13(17)7-11/h4-5,7,9-10,20H,2-3,6,8H2,1H3,(H,18,21). The lowest BCUT2D eigenvalue weighted by atomic mass is 9.93. The molecule has 2 rings (SSSR count). The molecule has 0 radical (unpaired) electrons. The fourth-order valence-corrected chi connectivity index (χ4v) is 2.49. The Morgan fingerprint density at radius 3 is 2.73 bits per heavy atom. The van der Waals surface area contributed by atoms with Crippen LogP contribution in [0, 0.1) is 17.6 Å². The second-order valence-corrected chi connectivity index (χ2v) is 5.48. The van der Waals surface area contributed by atoms with Crippen molar-refractivity contribution >= 4 is 17.5 Å². The highest BCUT2D eigenvalue weighted by molar-refractivity contribution is 6.39. The highest BCUT2D eigenvalue weighted by atomic mass is 19.2. The first kappa shape index (κ1) is 16.4. The number of carbonyl (C=O) groups is 2. The van der Waals surface area contributed by atoms with Gasteiger partial charge >= 0.3 is 11.8 Å². The van der Waals surface area contributed by atoms with Gasteiger partial charge in [-0.05, 0) is 31.9 Å². The lowest BCUT2D eigenvalue weighted by molar-refractivity contribution is -0.144. The Bertz CT molecular complexity index is 578. The highest BCUT2D eigenvalue weighted by Crippen LogP contribution is 2.20. The second kappa shape index (κ2) is 6.83. The van der Waals surface area contributed by atoms with Crippen molar-refractivity contribution in [2.75, 3.05) is 18.4 Å². The number of anilines is 1. The second-order valence-electron chi connectivity index (χ2n) is 5.48. The van der Waals surface area contributed by atoms with Crippen molar-refractivity contribution in [2.24, 2.45) is 5.92 Å². The van der Waals surface area contributed by atoms with E-state index in [1.807, 2.05) is 0 Å². The number of aliphatic hydroxyl groups excluding tert-OH is 1. The van der Waals surface area contributed by atoms with Gasteiger partial charge in [0.15, 0.2) is 11.6 Å². The van der Waals surface area contributed by atoms with Crippen LogP contribution in [0.4, 0.5) is 14.5 Å². The average molecular weight is 312 g/mol. The van der Waals surface area contributed by atoms with Gasteiger partial charge in [0.1, 0.15) is 0 Å². The molecule has 2 unspecified atom stereocenters. The van der Waals surface area contributed by atoms with Crippen molar-refractivity contribution in [3.8, 4) is 0 Å². The van der Waals surface area contributed by atoms with E-state index in [1.165, 1.54) is 11.0 Å². The Kier molecular flexibility index (Phi) is 5.07. The Morgan fingerprint density at radius 1 is 1.36 bits per heavy atom. The van der Waals surface area contributed by atoms with E-state index in [4.69, 9.17) is 0 Å². The molecule has 0 bridgehead atoms. The van der Waals surface area contributed by atoms with Crippen molar-refractivity contribution in [2.45, 2.75) is 25.9 Å². The Morgan fingerprint density at radius 2 is 2.09 bits per heavy atom. The summed E-state index contributed by atoms with van der Waals surface area (Å²) in [6, 6.07) is 2.87. The first-order valence-electron chi connectivity index (χ1n) is 7.12. The molecule has 1 aromatic rings. The van der Waals surface area contributed by atoms with Gasteiger partial charge in [-0.15, -0.1) is 0 Å². The lowest BCUT2D eigenvalue weighted by Gasteiger charge is -2.33. The third-order valence-electron chi connectivity index (χ3n) is 3.80. The van der Waals surface area contributed by atoms with Crippen LogP contribution < -0.4 is 5.32 Å². The molecule has 0 spiro atoms.